The van der Waals surface area contributed by atoms with E-state index in [2.05, 4.69) is 5.32 Å². The van der Waals surface area contributed by atoms with Crippen LogP contribution >= 0.6 is 0 Å². The second kappa shape index (κ2) is 7.89. The summed E-state index contributed by atoms with van der Waals surface area (Å²) in [5.41, 5.74) is 0.709. The first-order chi connectivity index (χ1) is 11.7. The Hall–Kier alpha value is -2.74. The largest absolute Gasteiger partial charge is 0.452 e. The van der Waals surface area contributed by atoms with Crippen LogP contribution in [0.4, 0.5) is 10.1 Å². The summed E-state index contributed by atoms with van der Waals surface area (Å²) in [6.45, 7) is -0.571. The van der Waals surface area contributed by atoms with E-state index in [-0.39, 0.29) is 17.0 Å². The Kier molecular flexibility index (Phi) is 5.87. The Balaban J connectivity index is 1.89. The summed E-state index contributed by atoms with van der Waals surface area (Å²) < 4.78 is 40.7. The van der Waals surface area contributed by atoms with Gasteiger partial charge in [0, 0.05) is 6.26 Å². The Bertz CT molecular complexity index is 878. The number of anilines is 1. The summed E-state index contributed by atoms with van der Waals surface area (Å²) in [6, 6.07) is 11.4. The van der Waals surface area contributed by atoms with E-state index >= 15 is 0 Å². The Morgan fingerprint density at radius 1 is 1.08 bits per heavy atom. The number of sulfone groups is 1. The Morgan fingerprint density at radius 2 is 1.72 bits per heavy atom. The van der Waals surface area contributed by atoms with Crippen LogP contribution in [-0.2, 0) is 25.1 Å². The number of esters is 1. The SMILES string of the molecule is CS(=O)(=O)Cc1ccc(C(=O)OCC(=O)Nc2ccccc2F)cc1. The number of nitrogens with one attached hydrogen (secondary N) is 1. The molecule has 25 heavy (non-hydrogen) atoms. The molecule has 0 spiro atoms. The number of carbonyl (C=O) groups excluding carboxylic acids is 2. The van der Waals surface area contributed by atoms with Gasteiger partial charge in [0.05, 0.1) is 17.0 Å². The normalized spacial score (nSPS) is 11.0. The van der Waals surface area contributed by atoms with Gasteiger partial charge in [-0.1, -0.05) is 24.3 Å². The van der Waals surface area contributed by atoms with Crippen LogP contribution in [0.5, 0.6) is 0 Å². The smallest absolute Gasteiger partial charge is 0.338 e. The molecule has 2 rings (SSSR count). The van der Waals surface area contributed by atoms with E-state index in [1.165, 1.54) is 42.5 Å². The van der Waals surface area contributed by atoms with Crippen LogP contribution in [0.15, 0.2) is 48.5 Å². The number of benzene rings is 2. The molecular weight excluding hydrogens is 349 g/mol. The van der Waals surface area contributed by atoms with Gasteiger partial charge in [-0.2, -0.15) is 0 Å². The Morgan fingerprint density at radius 3 is 2.32 bits per heavy atom. The van der Waals surface area contributed by atoms with Crippen molar-refractivity contribution in [1.82, 2.24) is 0 Å². The predicted octanol–water partition coefficient (Wildman–Crippen LogP) is 2.17. The second-order valence-electron chi connectivity index (χ2n) is 5.37. The monoisotopic (exact) mass is 365 g/mol. The van der Waals surface area contributed by atoms with Crippen LogP contribution in [0.3, 0.4) is 0 Å². The quantitative estimate of drug-likeness (QED) is 0.793. The zero-order valence-corrected chi connectivity index (χ0v) is 14.2. The molecule has 1 N–H and O–H groups in total. The minimum absolute atomic E-state index is 0.00585. The maximum atomic E-state index is 13.4. The van der Waals surface area contributed by atoms with E-state index in [1.54, 1.807) is 6.07 Å². The molecule has 0 aliphatic rings. The van der Waals surface area contributed by atoms with Crippen molar-refractivity contribution in [2.45, 2.75) is 5.75 Å². The summed E-state index contributed by atoms with van der Waals surface area (Å²) in [5.74, 6) is -2.14. The molecule has 0 aromatic heterocycles. The molecular formula is C17H16FNO5S. The van der Waals surface area contributed by atoms with Gasteiger partial charge in [0.15, 0.2) is 16.4 Å². The first-order valence-corrected chi connectivity index (χ1v) is 9.29. The van der Waals surface area contributed by atoms with Crippen molar-refractivity contribution in [3.05, 3.63) is 65.5 Å². The fraction of sp³-hybridized carbons (Fsp3) is 0.176. The van der Waals surface area contributed by atoms with Gasteiger partial charge < -0.3 is 10.1 Å². The van der Waals surface area contributed by atoms with Gasteiger partial charge in [0.1, 0.15) is 5.82 Å². The summed E-state index contributed by atoms with van der Waals surface area (Å²) in [7, 11) is -3.16. The molecule has 0 fully saturated rings. The lowest BCUT2D eigenvalue weighted by molar-refractivity contribution is -0.119. The highest BCUT2D eigenvalue weighted by molar-refractivity contribution is 7.89. The van der Waals surface area contributed by atoms with E-state index in [4.69, 9.17) is 4.74 Å². The average molecular weight is 365 g/mol. The first kappa shape index (κ1) is 18.6. The average Bonchev–Trinajstić information content (AvgIpc) is 2.54. The molecule has 0 saturated heterocycles. The minimum Gasteiger partial charge on any atom is -0.452 e. The molecule has 1 amide bonds. The van der Waals surface area contributed by atoms with Gasteiger partial charge >= 0.3 is 5.97 Å². The van der Waals surface area contributed by atoms with Crippen molar-refractivity contribution in [3.8, 4) is 0 Å². The van der Waals surface area contributed by atoms with Crippen molar-refractivity contribution in [2.75, 3.05) is 18.2 Å². The summed E-state index contributed by atoms with van der Waals surface area (Å²) in [5, 5.41) is 2.29. The number of carbonyl (C=O) groups is 2. The van der Waals surface area contributed by atoms with Gasteiger partial charge in [-0.3, -0.25) is 4.79 Å². The fourth-order valence-corrected chi connectivity index (χ4v) is 2.80. The third-order valence-electron chi connectivity index (χ3n) is 3.10. The van der Waals surface area contributed by atoms with Gasteiger partial charge in [-0.15, -0.1) is 0 Å². The standard InChI is InChI=1S/C17H16FNO5S/c1-25(22,23)11-12-6-8-13(9-7-12)17(21)24-10-16(20)19-15-5-3-2-4-14(15)18/h2-9H,10-11H2,1H3,(H,19,20). The highest BCUT2D eigenvalue weighted by Crippen LogP contribution is 2.12. The molecule has 2 aromatic rings. The van der Waals surface area contributed by atoms with E-state index in [0.29, 0.717) is 5.56 Å². The number of ether oxygens (including phenoxy) is 1. The number of amides is 1. The summed E-state index contributed by atoms with van der Waals surface area (Å²) in [6.07, 6.45) is 1.11. The maximum Gasteiger partial charge on any atom is 0.338 e. The molecule has 0 aliphatic carbocycles. The third-order valence-corrected chi connectivity index (χ3v) is 3.96. The number of halogens is 1. The molecule has 0 bridgehead atoms. The predicted molar refractivity (Wildman–Crippen MR) is 90.3 cm³/mol. The van der Waals surface area contributed by atoms with Gasteiger partial charge in [0.2, 0.25) is 0 Å². The molecule has 6 nitrogen and oxygen atoms in total. The van der Waals surface area contributed by atoms with E-state index in [9.17, 15) is 22.4 Å². The lowest BCUT2D eigenvalue weighted by Crippen LogP contribution is -2.21. The van der Waals surface area contributed by atoms with Crippen molar-refractivity contribution < 1.29 is 27.1 Å². The molecule has 0 aliphatic heterocycles. The Labute approximate surface area is 144 Å². The van der Waals surface area contributed by atoms with Crippen LogP contribution in [0.1, 0.15) is 15.9 Å². The molecule has 2 aromatic carbocycles. The highest BCUT2D eigenvalue weighted by Gasteiger charge is 2.12. The molecule has 0 atom stereocenters. The van der Waals surface area contributed by atoms with Crippen molar-refractivity contribution in [3.63, 3.8) is 0 Å². The number of para-hydroxylation sites is 1. The number of rotatable bonds is 6. The van der Waals surface area contributed by atoms with Crippen LogP contribution in [-0.4, -0.2) is 33.2 Å². The zero-order chi connectivity index (χ0) is 18.4. The van der Waals surface area contributed by atoms with E-state index in [1.807, 2.05) is 0 Å². The molecule has 0 radical (unpaired) electrons. The van der Waals surface area contributed by atoms with E-state index in [0.717, 1.165) is 6.26 Å². The lowest BCUT2D eigenvalue weighted by atomic mass is 10.1. The summed E-state index contributed by atoms with van der Waals surface area (Å²) in [4.78, 5) is 23.6. The molecule has 0 unspecified atom stereocenters. The molecule has 0 saturated carbocycles. The third kappa shape index (κ3) is 6.00. The fourth-order valence-electron chi connectivity index (χ4n) is 2.00. The van der Waals surface area contributed by atoms with Crippen LogP contribution < -0.4 is 5.32 Å². The maximum absolute atomic E-state index is 13.4. The summed E-state index contributed by atoms with van der Waals surface area (Å²) >= 11 is 0. The van der Waals surface area contributed by atoms with Gasteiger partial charge in [-0.25, -0.2) is 17.6 Å². The molecule has 8 heteroatoms. The molecule has 0 heterocycles. The zero-order valence-electron chi connectivity index (χ0n) is 13.4. The van der Waals surface area contributed by atoms with Gasteiger partial charge in [0.25, 0.3) is 5.91 Å². The highest BCUT2D eigenvalue weighted by atomic mass is 32.2. The van der Waals surface area contributed by atoms with Crippen LogP contribution in [0, 0.1) is 5.82 Å². The number of hydrogen-bond acceptors (Lipinski definition) is 5. The van der Waals surface area contributed by atoms with Crippen molar-refractivity contribution in [1.29, 1.82) is 0 Å². The van der Waals surface area contributed by atoms with Crippen molar-refractivity contribution in [2.24, 2.45) is 0 Å². The number of hydrogen-bond donors (Lipinski definition) is 1. The van der Waals surface area contributed by atoms with Crippen molar-refractivity contribution >= 4 is 27.4 Å². The van der Waals surface area contributed by atoms with Gasteiger partial charge in [-0.05, 0) is 29.8 Å². The first-order valence-electron chi connectivity index (χ1n) is 7.23. The lowest BCUT2D eigenvalue weighted by Gasteiger charge is -2.07. The van der Waals surface area contributed by atoms with E-state index < -0.39 is 34.1 Å². The van der Waals surface area contributed by atoms with Crippen LogP contribution in [0.2, 0.25) is 0 Å². The molecule has 132 valence electrons. The second-order valence-corrected chi connectivity index (χ2v) is 7.51. The topological polar surface area (TPSA) is 89.5 Å². The minimum atomic E-state index is -3.16. The van der Waals surface area contributed by atoms with Crippen LogP contribution in [0.25, 0.3) is 0 Å².